The van der Waals surface area contributed by atoms with Crippen LogP contribution in [0, 0.1) is 27.7 Å². The van der Waals surface area contributed by atoms with Gasteiger partial charge in [0.2, 0.25) is 5.89 Å². The third-order valence-electron chi connectivity index (χ3n) is 2.87. The number of aryl methyl sites for hydroxylation is 4. The number of hydrogen-bond acceptors (Lipinski definition) is 4. The Balaban J connectivity index is 2.47. The molecule has 0 amide bonds. The van der Waals surface area contributed by atoms with Crippen LogP contribution in [0.5, 0.6) is 0 Å². The lowest BCUT2D eigenvalue weighted by Crippen LogP contribution is -2.16. The smallest absolute Gasteiger partial charge is 0.223 e. The van der Waals surface area contributed by atoms with Crippen molar-refractivity contribution in [3.63, 3.8) is 0 Å². The van der Waals surface area contributed by atoms with Crippen LogP contribution in [0.15, 0.2) is 16.7 Å². The van der Waals surface area contributed by atoms with Crippen molar-refractivity contribution in [2.45, 2.75) is 33.7 Å². The Kier molecular flexibility index (Phi) is 2.98. The summed E-state index contributed by atoms with van der Waals surface area (Å²) in [4.78, 5) is 4.19. The number of aromatic nitrogens is 2. The molecule has 1 heterocycles. The first-order valence-electron chi connectivity index (χ1n) is 5.62. The Hall–Kier alpha value is -1.68. The molecule has 1 aromatic carbocycles. The standard InChI is InChI=1S/C13H17N3O/c1-7-5-8(2)11(9(3)6-7)12(14)13-15-10(4)17-16-13/h5-6,12H,14H2,1-4H3. The zero-order chi connectivity index (χ0) is 12.6. The summed E-state index contributed by atoms with van der Waals surface area (Å²) >= 11 is 0. The largest absolute Gasteiger partial charge is 0.340 e. The number of rotatable bonds is 2. The zero-order valence-corrected chi connectivity index (χ0v) is 10.6. The number of benzene rings is 1. The van der Waals surface area contributed by atoms with Gasteiger partial charge in [0.1, 0.15) is 0 Å². The van der Waals surface area contributed by atoms with Gasteiger partial charge in [-0.25, -0.2) is 0 Å². The highest BCUT2D eigenvalue weighted by atomic mass is 16.5. The van der Waals surface area contributed by atoms with Crippen molar-refractivity contribution < 1.29 is 4.52 Å². The Morgan fingerprint density at radius 3 is 2.18 bits per heavy atom. The van der Waals surface area contributed by atoms with E-state index in [2.05, 4.69) is 43.0 Å². The van der Waals surface area contributed by atoms with Crippen LogP contribution >= 0.6 is 0 Å². The van der Waals surface area contributed by atoms with E-state index in [1.807, 2.05) is 0 Å². The van der Waals surface area contributed by atoms with Crippen LogP contribution in [0.2, 0.25) is 0 Å². The molecule has 0 saturated heterocycles. The third kappa shape index (κ3) is 2.22. The lowest BCUT2D eigenvalue weighted by Gasteiger charge is -2.15. The molecule has 0 fully saturated rings. The lowest BCUT2D eigenvalue weighted by molar-refractivity contribution is 0.385. The minimum atomic E-state index is -0.326. The van der Waals surface area contributed by atoms with Crippen molar-refractivity contribution in [3.05, 3.63) is 46.1 Å². The predicted molar refractivity (Wildman–Crippen MR) is 65.7 cm³/mol. The average molecular weight is 231 g/mol. The van der Waals surface area contributed by atoms with Crippen molar-refractivity contribution in [2.24, 2.45) is 5.73 Å². The van der Waals surface area contributed by atoms with Crippen LogP contribution < -0.4 is 5.73 Å². The van der Waals surface area contributed by atoms with Gasteiger partial charge in [0.05, 0.1) is 6.04 Å². The summed E-state index contributed by atoms with van der Waals surface area (Å²) in [5.41, 5.74) is 10.8. The van der Waals surface area contributed by atoms with Crippen molar-refractivity contribution in [1.29, 1.82) is 0 Å². The fourth-order valence-electron chi connectivity index (χ4n) is 2.25. The van der Waals surface area contributed by atoms with Gasteiger partial charge < -0.3 is 10.3 Å². The molecule has 0 aliphatic carbocycles. The van der Waals surface area contributed by atoms with E-state index in [1.165, 1.54) is 5.56 Å². The van der Waals surface area contributed by atoms with Crippen LogP contribution in [-0.4, -0.2) is 10.1 Å². The molecule has 0 bridgehead atoms. The predicted octanol–water partition coefficient (Wildman–Crippen LogP) is 2.35. The molecule has 90 valence electrons. The summed E-state index contributed by atoms with van der Waals surface area (Å²) in [5.74, 6) is 1.08. The summed E-state index contributed by atoms with van der Waals surface area (Å²) in [6, 6.07) is 3.91. The molecule has 4 heteroatoms. The summed E-state index contributed by atoms with van der Waals surface area (Å²) < 4.78 is 4.97. The quantitative estimate of drug-likeness (QED) is 0.861. The first-order valence-corrected chi connectivity index (χ1v) is 5.62. The van der Waals surface area contributed by atoms with E-state index in [0.717, 1.165) is 16.7 Å². The van der Waals surface area contributed by atoms with Gasteiger partial charge in [0, 0.05) is 6.92 Å². The summed E-state index contributed by atoms with van der Waals surface area (Å²) in [6.07, 6.45) is 0. The first kappa shape index (κ1) is 11.8. The molecular formula is C13H17N3O. The van der Waals surface area contributed by atoms with Crippen LogP contribution in [0.25, 0.3) is 0 Å². The Labute approximate surface area is 101 Å². The van der Waals surface area contributed by atoms with Gasteiger partial charge >= 0.3 is 0 Å². The normalized spacial score (nSPS) is 12.8. The van der Waals surface area contributed by atoms with Gasteiger partial charge in [-0.2, -0.15) is 4.98 Å². The van der Waals surface area contributed by atoms with Crippen LogP contribution in [0.1, 0.15) is 40.0 Å². The topological polar surface area (TPSA) is 64.9 Å². The van der Waals surface area contributed by atoms with Crippen molar-refractivity contribution in [3.8, 4) is 0 Å². The minimum Gasteiger partial charge on any atom is -0.340 e. The lowest BCUT2D eigenvalue weighted by atomic mass is 9.94. The summed E-state index contributed by atoms with van der Waals surface area (Å²) in [6.45, 7) is 7.95. The van der Waals surface area contributed by atoms with E-state index in [9.17, 15) is 0 Å². The maximum absolute atomic E-state index is 6.20. The highest BCUT2D eigenvalue weighted by molar-refractivity contribution is 5.41. The SMILES string of the molecule is Cc1cc(C)c(C(N)c2noc(C)n2)c(C)c1. The second kappa shape index (κ2) is 4.30. The Bertz CT molecular complexity index is 522. The molecule has 1 aromatic heterocycles. The number of nitrogens with two attached hydrogens (primary N) is 1. The average Bonchev–Trinajstić information content (AvgIpc) is 2.63. The maximum Gasteiger partial charge on any atom is 0.223 e. The molecule has 0 radical (unpaired) electrons. The van der Waals surface area contributed by atoms with Gasteiger partial charge in [-0.3, -0.25) is 0 Å². The summed E-state index contributed by atoms with van der Waals surface area (Å²) in [5, 5.41) is 3.89. The molecule has 4 nitrogen and oxygen atoms in total. The molecule has 2 N–H and O–H groups in total. The number of nitrogens with zero attached hydrogens (tertiary/aromatic N) is 2. The van der Waals surface area contributed by atoms with E-state index in [0.29, 0.717) is 11.7 Å². The fraction of sp³-hybridized carbons (Fsp3) is 0.385. The molecule has 17 heavy (non-hydrogen) atoms. The maximum atomic E-state index is 6.20. The minimum absolute atomic E-state index is 0.326. The fourth-order valence-corrected chi connectivity index (χ4v) is 2.25. The van der Waals surface area contributed by atoms with Gasteiger partial charge in [-0.1, -0.05) is 22.9 Å². The monoisotopic (exact) mass is 231 g/mol. The highest BCUT2D eigenvalue weighted by Gasteiger charge is 2.19. The molecule has 0 saturated carbocycles. The van der Waals surface area contributed by atoms with Crippen molar-refractivity contribution in [2.75, 3.05) is 0 Å². The van der Waals surface area contributed by atoms with Crippen LogP contribution in [0.3, 0.4) is 0 Å². The second-order valence-electron chi connectivity index (χ2n) is 4.46. The summed E-state index contributed by atoms with van der Waals surface area (Å²) in [7, 11) is 0. The zero-order valence-electron chi connectivity index (χ0n) is 10.6. The van der Waals surface area contributed by atoms with E-state index in [4.69, 9.17) is 10.3 Å². The number of hydrogen-bond donors (Lipinski definition) is 1. The van der Waals surface area contributed by atoms with E-state index in [1.54, 1.807) is 6.92 Å². The molecule has 0 aliphatic heterocycles. The van der Waals surface area contributed by atoms with Gasteiger partial charge in [-0.15, -0.1) is 0 Å². The third-order valence-corrected chi connectivity index (χ3v) is 2.87. The van der Waals surface area contributed by atoms with Crippen molar-refractivity contribution >= 4 is 0 Å². The van der Waals surface area contributed by atoms with Gasteiger partial charge in [0.25, 0.3) is 0 Å². The highest BCUT2D eigenvalue weighted by Crippen LogP contribution is 2.25. The van der Waals surface area contributed by atoms with Crippen LogP contribution in [0.4, 0.5) is 0 Å². The molecule has 2 aromatic rings. The second-order valence-corrected chi connectivity index (χ2v) is 4.46. The molecule has 2 rings (SSSR count). The molecule has 0 aliphatic rings. The van der Waals surface area contributed by atoms with Gasteiger partial charge in [-0.05, 0) is 37.5 Å². The van der Waals surface area contributed by atoms with Crippen molar-refractivity contribution in [1.82, 2.24) is 10.1 Å². The Morgan fingerprint density at radius 2 is 1.71 bits per heavy atom. The van der Waals surface area contributed by atoms with E-state index >= 15 is 0 Å². The van der Waals surface area contributed by atoms with E-state index in [-0.39, 0.29) is 6.04 Å². The van der Waals surface area contributed by atoms with Crippen LogP contribution in [-0.2, 0) is 0 Å². The molecule has 0 spiro atoms. The Morgan fingerprint density at radius 1 is 1.12 bits per heavy atom. The van der Waals surface area contributed by atoms with E-state index < -0.39 is 0 Å². The molecule has 1 atom stereocenters. The first-order chi connectivity index (χ1) is 7.99. The van der Waals surface area contributed by atoms with Gasteiger partial charge in [0.15, 0.2) is 5.82 Å². The molecular weight excluding hydrogens is 214 g/mol. The molecule has 1 unspecified atom stereocenters.